The van der Waals surface area contributed by atoms with Crippen LogP contribution in [0, 0.1) is 0 Å². The minimum absolute atomic E-state index is 0.0601. The van der Waals surface area contributed by atoms with Crippen molar-refractivity contribution in [1.29, 1.82) is 0 Å². The van der Waals surface area contributed by atoms with Crippen molar-refractivity contribution in [1.82, 2.24) is 4.90 Å². The number of para-hydroxylation sites is 1. The van der Waals surface area contributed by atoms with Gasteiger partial charge in [0.25, 0.3) is 0 Å². The number of benzene rings is 3. The first-order valence-electron chi connectivity index (χ1n) is 9.70. The van der Waals surface area contributed by atoms with Crippen LogP contribution in [0.4, 0.5) is 11.4 Å². The summed E-state index contributed by atoms with van der Waals surface area (Å²) in [5, 5.41) is 6.08. The van der Waals surface area contributed by atoms with E-state index < -0.39 is 0 Å². The minimum atomic E-state index is 0.0601. The molecule has 1 saturated heterocycles. The molecule has 28 heavy (non-hydrogen) atoms. The lowest BCUT2D eigenvalue weighted by Gasteiger charge is -2.36. The van der Waals surface area contributed by atoms with Crippen LogP contribution in [0.2, 0.25) is 5.02 Å². The lowest BCUT2D eigenvalue weighted by Crippen LogP contribution is -2.47. The van der Waals surface area contributed by atoms with E-state index in [1.54, 1.807) is 0 Å². The summed E-state index contributed by atoms with van der Waals surface area (Å²) in [6.45, 7) is 4.50. The summed E-state index contributed by atoms with van der Waals surface area (Å²) in [7, 11) is 0. The Kier molecular flexibility index (Phi) is 5.79. The molecule has 1 N–H and O–H groups in total. The minimum Gasteiger partial charge on any atom is -0.368 e. The van der Waals surface area contributed by atoms with Gasteiger partial charge in [0, 0.05) is 50.2 Å². The van der Waals surface area contributed by atoms with Gasteiger partial charge >= 0.3 is 0 Å². The first-order chi connectivity index (χ1) is 13.7. The van der Waals surface area contributed by atoms with Crippen molar-refractivity contribution in [3.63, 3.8) is 0 Å². The van der Waals surface area contributed by atoms with Crippen LogP contribution in [0.15, 0.2) is 66.7 Å². The highest BCUT2D eigenvalue weighted by atomic mass is 35.5. The first kappa shape index (κ1) is 18.8. The van der Waals surface area contributed by atoms with Gasteiger partial charge in [-0.25, -0.2) is 0 Å². The highest BCUT2D eigenvalue weighted by Gasteiger charge is 2.19. The number of hydrogen-bond donors (Lipinski definition) is 1. The summed E-state index contributed by atoms with van der Waals surface area (Å²) in [5.74, 6) is 0.0601. The summed E-state index contributed by atoms with van der Waals surface area (Å²) in [6.07, 6.45) is 0.495. The Morgan fingerprint density at radius 3 is 2.43 bits per heavy atom. The van der Waals surface area contributed by atoms with Crippen molar-refractivity contribution >= 4 is 39.7 Å². The third kappa shape index (κ3) is 4.29. The number of fused-ring (bicyclic) bond motifs is 1. The third-order valence-electron chi connectivity index (χ3n) is 5.28. The normalized spacial score (nSPS) is 15.0. The number of nitrogens with zero attached hydrogens (tertiary/aromatic N) is 2. The van der Waals surface area contributed by atoms with Crippen LogP contribution in [0.25, 0.3) is 10.8 Å². The van der Waals surface area contributed by atoms with E-state index in [4.69, 9.17) is 11.6 Å². The molecule has 3 aromatic carbocycles. The average molecular weight is 394 g/mol. The lowest BCUT2D eigenvalue weighted by atomic mass is 10.1. The largest absolute Gasteiger partial charge is 0.368 e. The fourth-order valence-electron chi connectivity index (χ4n) is 3.73. The van der Waals surface area contributed by atoms with Gasteiger partial charge in [0.05, 0.1) is 10.7 Å². The molecule has 0 aromatic heterocycles. The van der Waals surface area contributed by atoms with Gasteiger partial charge in [0.1, 0.15) is 0 Å². The summed E-state index contributed by atoms with van der Waals surface area (Å²) < 4.78 is 0. The SMILES string of the molecule is O=C(CCN1CCN(c2ccccc2Cl)CC1)Nc1cccc2ccccc12. The number of amides is 1. The standard InChI is InChI=1S/C23H24ClN3O/c24-20-9-3-4-11-22(20)27-16-14-26(15-17-27)13-12-23(28)25-21-10-5-7-18-6-1-2-8-19(18)21/h1-11H,12-17H2,(H,25,28). The van der Waals surface area contributed by atoms with Crippen molar-refractivity contribution in [2.45, 2.75) is 6.42 Å². The van der Waals surface area contributed by atoms with Crippen molar-refractivity contribution in [2.24, 2.45) is 0 Å². The Morgan fingerprint density at radius 2 is 1.61 bits per heavy atom. The van der Waals surface area contributed by atoms with E-state index in [0.29, 0.717) is 6.42 Å². The molecule has 1 fully saturated rings. The smallest absolute Gasteiger partial charge is 0.225 e. The molecule has 5 heteroatoms. The molecule has 4 nitrogen and oxygen atoms in total. The number of halogens is 1. The maximum Gasteiger partial charge on any atom is 0.225 e. The van der Waals surface area contributed by atoms with Gasteiger partial charge in [-0.15, -0.1) is 0 Å². The van der Waals surface area contributed by atoms with E-state index in [9.17, 15) is 4.79 Å². The van der Waals surface area contributed by atoms with Crippen LogP contribution >= 0.6 is 11.6 Å². The molecule has 0 atom stereocenters. The number of carbonyl (C=O) groups excluding carboxylic acids is 1. The van der Waals surface area contributed by atoms with E-state index in [1.165, 1.54) is 0 Å². The summed E-state index contributed by atoms with van der Waals surface area (Å²) in [5.41, 5.74) is 1.98. The Balaban J connectivity index is 1.28. The highest BCUT2D eigenvalue weighted by molar-refractivity contribution is 6.33. The van der Waals surface area contributed by atoms with Crippen LogP contribution < -0.4 is 10.2 Å². The lowest BCUT2D eigenvalue weighted by molar-refractivity contribution is -0.116. The predicted molar refractivity (Wildman–Crippen MR) is 117 cm³/mol. The Hall–Kier alpha value is -2.56. The molecular weight excluding hydrogens is 370 g/mol. The molecule has 1 aliphatic rings. The van der Waals surface area contributed by atoms with Gasteiger partial charge in [-0.05, 0) is 23.6 Å². The molecule has 0 unspecified atom stereocenters. The van der Waals surface area contributed by atoms with Gasteiger partial charge in [-0.1, -0.05) is 60.1 Å². The van der Waals surface area contributed by atoms with Gasteiger partial charge in [-0.2, -0.15) is 0 Å². The second-order valence-electron chi connectivity index (χ2n) is 7.10. The number of piperazine rings is 1. The fraction of sp³-hybridized carbons (Fsp3) is 0.261. The van der Waals surface area contributed by atoms with Crippen LogP contribution in [0.3, 0.4) is 0 Å². The van der Waals surface area contributed by atoms with Crippen LogP contribution in [-0.4, -0.2) is 43.5 Å². The monoisotopic (exact) mass is 393 g/mol. The molecule has 4 rings (SSSR count). The van der Waals surface area contributed by atoms with Gasteiger partial charge in [-0.3, -0.25) is 9.69 Å². The highest BCUT2D eigenvalue weighted by Crippen LogP contribution is 2.26. The number of nitrogens with one attached hydrogen (secondary N) is 1. The maximum atomic E-state index is 12.5. The molecular formula is C23H24ClN3O. The zero-order valence-electron chi connectivity index (χ0n) is 15.8. The molecule has 0 saturated carbocycles. The quantitative estimate of drug-likeness (QED) is 0.685. The van der Waals surface area contributed by atoms with E-state index in [1.807, 2.05) is 48.5 Å². The predicted octanol–water partition coefficient (Wildman–Crippen LogP) is 4.64. The maximum absolute atomic E-state index is 12.5. The molecule has 1 aliphatic heterocycles. The zero-order valence-corrected chi connectivity index (χ0v) is 16.5. The third-order valence-corrected chi connectivity index (χ3v) is 5.60. The number of carbonyl (C=O) groups is 1. The van der Waals surface area contributed by atoms with Gasteiger partial charge in [0.2, 0.25) is 5.91 Å². The van der Waals surface area contributed by atoms with E-state index >= 15 is 0 Å². The van der Waals surface area contributed by atoms with Gasteiger partial charge < -0.3 is 10.2 Å². The number of rotatable bonds is 5. The van der Waals surface area contributed by atoms with Crippen LogP contribution in [0.5, 0.6) is 0 Å². The second kappa shape index (κ2) is 8.63. The van der Waals surface area contributed by atoms with Crippen molar-refractivity contribution in [2.75, 3.05) is 42.9 Å². The number of anilines is 2. The van der Waals surface area contributed by atoms with Crippen LogP contribution in [0.1, 0.15) is 6.42 Å². The Labute approximate surface area is 170 Å². The van der Waals surface area contributed by atoms with E-state index in [-0.39, 0.29) is 5.91 Å². The average Bonchev–Trinajstić information content (AvgIpc) is 2.73. The molecule has 1 heterocycles. The topological polar surface area (TPSA) is 35.6 Å². The molecule has 0 bridgehead atoms. The Bertz CT molecular complexity index is 961. The molecule has 144 valence electrons. The van der Waals surface area contributed by atoms with Crippen molar-refractivity contribution in [3.05, 3.63) is 71.8 Å². The van der Waals surface area contributed by atoms with E-state index in [0.717, 1.165) is 59.9 Å². The summed E-state index contributed by atoms with van der Waals surface area (Å²) >= 11 is 6.31. The summed E-state index contributed by atoms with van der Waals surface area (Å²) in [4.78, 5) is 17.1. The van der Waals surface area contributed by atoms with Crippen molar-refractivity contribution < 1.29 is 4.79 Å². The molecule has 1 amide bonds. The summed E-state index contributed by atoms with van der Waals surface area (Å²) in [6, 6.07) is 22.1. The number of hydrogen-bond acceptors (Lipinski definition) is 3. The molecule has 0 spiro atoms. The van der Waals surface area contributed by atoms with Gasteiger partial charge in [0.15, 0.2) is 0 Å². The zero-order chi connectivity index (χ0) is 19.3. The fourth-order valence-corrected chi connectivity index (χ4v) is 3.98. The second-order valence-corrected chi connectivity index (χ2v) is 7.51. The molecule has 0 aliphatic carbocycles. The van der Waals surface area contributed by atoms with Crippen LogP contribution in [-0.2, 0) is 4.79 Å². The molecule has 0 radical (unpaired) electrons. The first-order valence-corrected chi connectivity index (χ1v) is 10.1. The Morgan fingerprint density at radius 1 is 0.893 bits per heavy atom. The van der Waals surface area contributed by atoms with Crippen molar-refractivity contribution in [3.8, 4) is 0 Å². The van der Waals surface area contributed by atoms with E-state index in [2.05, 4.69) is 33.3 Å². The molecule has 3 aromatic rings.